The van der Waals surface area contributed by atoms with Crippen LogP contribution in [-0.4, -0.2) is 38.7 Å². The molecule has 0 fully saturated rings. The van der Waals surface area contributed by atoms with Crippen LogP contribution in [0, 0.1) is 0 Å². The fourth-order valence-electron chi connectivity index (χ4n) is 2.53. The van der Waals surface area contributed by atoms with Gasteiger partial charge in [-0.15, -0.1) is 0 Å². The van der Waals surface area contributed by atoms with Gasteiger partial charge in [0.15, 0.2) is 11.5 Å². The number of carbonyl (C=O) groups excluding carboxylic acids is 2. The van der Waals surface area contributed by atoms with Gasteiger partial charge in [0, 0.05) is 30.5 Å². The second-order valence-corrected chi connectivity index (χ2v) is 6.26. The fraction of sp³-hybridized carbons (Fsp3) is 0.263. The molecule has 2 N–H and O–H groups in total. The number of methoxy groups -OCH3 is 1. The van der Waals surface area contributed by atoms with E-state index in [-0.39, 0.29) is 18.4 Å². The summed E-state index contributed by atoms with van der Waals surface area (Å²) < 4.78 is 15.9. The molecule has 0 radical (unpaired) electrons. The first kappa shape index (κ1) is 19.0. The van der Waals surface area contributed by atoms with Crippen LogP contribution in [0.3, 0.4) is 0 Å². The molecule has 8 heteroatoms. The summed E-state index contributed by atoms with van der Waals surface area (Å²) in [7, 11) is 1.45. The van der Waals surface area contributed by atoms with Crippen LogP contribution < -0.4 is 20.1 Å². The minimum Gasteiger partial charge on any atom is -0.489 e. The standard InChI is InChI=1S/C19H19ClN2O5/c1-25-11-17(23)21-13-3-5-14(6-4-13)22-19(24)12-9-15(20)18-16(10-12)26-7-2-8-27-18/h3-6,9-10H,2,7-8,11H2,1H3,(H,21,23)(H,22,24). The van der Waals surface area contributed by atoms with Crippen molar-refractivity contribution in [3.05, 3.63) is 47.0 Å². The van der Waals surface area contributed by atoms with Crippen molar-refractivity contribution in [3.63, 3.8) is 0 Å². The minimum absolute atomic E-state index is 0.0244. The molecule has 0 spiro atoms. The van der Waals surface area contributed by atoms with Gasteiger partial charge < -0.3 is 24.8 Å². The molecule has 0 atom stereocenters. The monoisotopic (exact) mass is 390 g/mol. The molecular weight excluding hydrogens is 372 g/mol. The van der Waals surface area contributed by atoms with Crippen molar-refractivity contribution < 1.29 is 23.8 Å². The number of fused-ring (bicyclic) bond motifs is 1. The summed E-state index contributed by atoms with van der Waals surface area (Å²) in [5, 5.41) is 5.79. The Morgan fingerprint density at radius 1 is 1.07 bits per heavy atom. The van der Waals surface area contributed by atoms with E-state index in [1.807, 2.05) is 0 Å². The van der Waals surface area contributed by atoms with E-state index in [4.69, 9.17) is 25.8 Å². The molecule has 2 aromatic rings. The first-order valence-electron chi connectivity index (χ1n) is 8.36. The number of anilines is 2. The Labute approximate surface area is 161 Å². The van der Waals surface area contributed by atoms with Crippen LogP contribution in [0.1, 0.15) is 16.8 Å². The lowest BCUT2D eigenvalue weighted by atomic mass is 10.1. The predicted molar refractivity (Wildman–Crippen MR) is 102 cm³/mol. The number of carbonyl (C=O) groups is 2. The van der Waals surface area contributed by atoms with Crippen molar-refractivity contribution in [3.8, 4) is 11.5 Å². The number of benzene rings is 2. The van der Waals surface area contributed by atoms with Gasteiger partial charge >= 0.3 is 0 Å². The molecule has 0 aromatic heterocycles. The fourth-order valence-corrected chi connectivity index (χ4v) is 2.80. The topological polar surface area (TPSA) is 85.9 Å². The second kappa shape index (κ2) is 8.75. The average molecular weight is 391 g/mol. The van der Waals surface area contributed by atoms with E-state index in [2.05, 4.69) is 10.6 Å². The van der Waals surface area contributed by atoms with Crippen LogP contribution in [0.2, 0.25) is 5.02 Å². The molecule has 142 valence electrons. The van der Waals surface area contributed by atoms with E-state index in [0.29, 0.717) is 46.7 Å². The molecule has 0 aliphatic carbocycles. The summed E-state index contributed by atoms with van der Waals surface area (Å²) in [5.41, 5.74) is 1.54. The highest BCUT2D eigenvalue weighted by molar-refractivity contribution is 6.32. The van der Waals surface area contributed by atoms with Gasteiger partial charge in [-0.2, -0.15) is 0 Å². The molecular formula is C19H19ClN2O5. The van der Waals surface area contributed by atoms with Gasteiger partial charge in [0.1, 0.15) is 6.61 Å². The number of hydrogen-bond acceptors (Lipinski definition) is 5. The molecule has 0 saturated heterocycles. The van der Waals surface area contributed by atoms with Crippen LogP contribution in [0.15, 0.2) is 36.4 Å². The van der Waals surface area contributed by atoms with Gasteiger partial charge in [0.2, 0.25) is 5.91 Å². The summed E-state index contributed by atoms with van der Waals surface area (Å²) in [6.45, 7) is 1.000. The van der Waals surface area contributed by atoms with Crippen LogP contribution in [0.25, 0.3) is 0 Å². The lowest BCUT2D eigenvalue weighted by molar-refractivity contribution is -0.119. The number of nitrogens with one attached hydrogen (secondary N) is 2. The molecule has 0 saturated carbocycles. The van der Waals surface area contributed by atoms with Crippen molar-refractivity contribution >= 4 is 34.8 Å². The molecule has 0 bridgehead atoms. The van der Waals surface area contributed by atoms with Gasteiger partial charge in [-0.1, -0.05) is 11.6 Å². The molecule has 0 unspecified atom stereocenters. The summed E-state index contributed by atoms with van der Waals surface area (Å²) in [6, 6.07) is 9.90. The molecule has 1 heterocycles. The number of amides is 2. The first-order chi connectivity index (χ1) is 13.1. The normalized spacial score (nSPS) is 12.8. The smallest absolute Gasteiger partial charge is 0.255 e. The van der Waals surface area contributed by atoms with Crippen LogP contribution in [-0.2, 0) is 9.53 Å². The number of halogens is 1. The Hall–Kier alpha value is -2.77. The molecule has 2 aromatic carbocycles. The van der Waals surface area contributed by atoms with Crippen molar-refractivity contribution in [1.29, 1.82) is 0 Å². The number of rotatable bonds is 5. The molecule has 27 heavy (non-hydrogen) atoms. The quantitative estimate of drug-likeness (QED) is 0.817. The Kier molecular flexibility index (Phi) is 6.16. The van der Waals surface area contributed by atoms with Crippen molar-refractivity contribution in [2.45, 2.75) is 6.42 Å². The van der Waals surface area contributed by atoms with E-state index in [9.17, 15) is 9.59 Å². The molecule has 2 amide bonds. The number of ether oxygens (including phenoxy) is 3. The van der Waals surface area contributed by atoms with Gasteiger partial charge in [-0.05, 0) is 36.4 Å². The Bertz CT molecular complexity index is 839. The molecule has 7 nitrogen and oxygen atoms in total. The lowest BCUT2D eigenvalue weighted by Gasteiger charge is -2.12. The summed E-state index contributed by atoms with van der Waals surface area (Å²) >= 11 is 6.23. The highest BCUT2D eigenvalue weighted by Gasteiger charge is 2.18. The van der Waals surface area contributed by atoms with Gasteiger partial charge in [-0.3, -0.25) is 9.59 Å². The van der Waals surface area contributed by atoms with Crippen LogP contribution in [0.4, 0.5) is 11.4 Å². The Balaban J connectivity index is 1.69. The second-order valence-electron chi connectivity index (χ2n) is 5.85. The summed E-state index contributed by atoms with van der Waals surface area (Å²) in [6.07, 6.45) is 0.750. The van der Waals surface area contributed by atoms with E-state index >= 15 is 0 Å². The van der Waals surface area contributed by atoms with Crippen molar-refractivity contribution in [2.75, 3.05) is 37.6 Å². The van der Waals surface area contributed by atoms with Crippen LogP contribution in [0.5, 0.6) is 11.5 Å². The lowest BCUT2D eigenvalue weighted by Crippen LogP contribution is -2.17. The van der Waals surface area contributed by atoms with E-state index in [1.165, 1.54) is 7.11 Å². The summed E-state index contributed by atoms with van der Waals surface area (Å²) in [4.78, 5) is 24.0. The van der Waals surface area contributed by atoms with E-state index in [0.717, 1.165) is 6.42 Å². The Morgan fingerprint density at radius 2 is 1.74 bits per heavy atom. The minimum atomic E-state index is -0.330. The maximum absolute atomic E-state index is 12.5. The third-order valence-electron chi connectivity index (χ3n) is 3.77. The van der Waals surface area contributed by atoms with Gasteiger partial charge in [0.05, 0.1) is 18.2 Å². The van der Waals surface area contributed by atoms with Crippen molar-refractivity contribution in [1.82, 2.24) is 0 Å². The summed E-state index contributed by atoms with van der Waals surface area (Å²) in [5.74, 6) is 0.336. The van der Waals surface area contributed by atoms with E-state index < -0.39 is 0 Å². The highest BCUT2D eigenvalue weighted by Crippen LogP contribution is 2.38. The predicted octanol–water partition coefficient (Wildman–Crippen LogP) is 3.34. The van der Waals surface area contributed by atoms with Crippen LogP contribution >= 0.6 is 11.6 Å². The third-order valence-corrected chi connectivity index (χ3v) is 4.05. The average Bonchev–Trinajstić information content (AvgIpc) is 2.89. The number of hydrogen-bond donors (Lipinski definition) is 2. The van der Waals surface area contributed by atoms with Crippen molar-refractivity contribution in [2.24, 2.45) is 0 Å². The van der Waals surface area contributed by atoms with Gasteiger partial charge in [0.25, 0.3) is 5.91 Å². The molecule has 3 rings (SSSR count). The van der Waals surface area contributed by atoms with E-state index in [1.54, 1.807) is 36.4 Å². The maximum atomic E-state index is 12.5. The van der Waals surface area contributed by atoms with Gasteiger partial charge in [-0.25, -0.2) is 0 Å². The molecule has 1 aliphatic heterocycles. The highest BCUT2D eigenvalue weighted by atomic mass is 35.5. The largest absolute Gasteiger partial charge is 0.489 e. The molecule has 1 aliphatic rings. The zero-order valence-corrected chi connectivity index (χ0v) is 15.5. The SMILES string of the molecule is COCC(=O)Nc1ccc(NC(=O)c2cc(Cl)c3c(c2)OCCCO3)cc1. The first-order valence-corrected chi connectivity index (χ1v) is 8.74. The Morgan fingerprint density at radius 3 is 2.44 bits per heavy atom. The maximum Gasteiger partial charge on any atom is 0.255 e. The zero-order valence-electron chi connectivity index (χ0n) is 14.7. The third kappa shape index (κ3) is 4.90. The zero-order chi connectivity index (χ0) is 19.2.